The molecular formula is C22H20F2N5O2S+. The lowest BCUT2D eigenvalue weighted by Crippen LogP contribution is -2.16. The van der Waals surface area contributed by atoms with E-state index in [9.17, 15) is 17.8 Å². The molecule has 0 saturated carbocycles. The predicted octanol–water partition coefficient (Wildman–Crippen LogP) is 4.69. The molecule has 32 heavy (non-hydrogen) atoms. The smallest absolute Gasteiger partial charge is 0.257 e. The van der Waals surface area contributed by atoms with Crippen LogP contribution >= 0.6 is 0 Å². The topological polar surface area (TPSA) is 99.8 Å². The van der Waals surface area contributed by atoms with Crippen molar-refractivity contribution in [3.63, 3.8) is 0 Å². The number of hydrogen-bond donors (Lipinski definition) is 3. The highest BCUT2D eigenvalue weighted by molar-refractivity contribution is 7.86. The van der Waals surface area contributed by atoms with Gasteiger partial charge in [-0.1, -0.05) is 30.2 Å². The minimum absolute atomic E-state index is 0.0928. The zero-order valence-electron chi connectivity index (χ0n) is 17.2. The minimum Gasteiger partial charge on any atom is -0.343 e. The van der Waals surface area contributed by atoms with Crippen LogP contribution in [0.5, 0.6) is 0 Å². The molecule has 0 aliphatic carbocycles. The number of nitrogens with zero attached hydrogens (tertiary/aromatic N) is 2. The molecule has 1 atom stereocenters. The van der Waals surface area contributed by atoms with Gasteiger partial charge in [-0.3, -0.25) is 4.79 Å². The van der Waals surface area contributed by atoms with E-state index in [0.29, 0.717) is 22.0 Å². The number of benzene rings is 2. The van der Waals surface area contributed by atoms with Crippen LogP contribution in [0, 0.1) is 11.6 Å². The number of H-pyrrole nitrogens is 1. The van der Waals surface area contributed by atoms with Gasteiger partial charge in [0.1, 0.15) is 17.2 Å². The van der Waals surface area contributed by atoms with Gasteiger partial charge in [-0.2, -0.15) is 0 Å². The standard InChI is InChI=1S/C22H19F2N5O2S/c1-12(2)13-3-5-15(6-4-13)32(31)29-17-8-7-16(23)20(19(17)24)28-22(30)14-9-18-21(25-10-14)27-11-26-18/h3-12H,1-2H3,(H,28,30)(H,29,31)(H,25,26,27)/p+1. The largest absolute Gasteiger partial charge is 0.343 e. The van der Waals surface area contributed by atoms with E-state index in [1.54, 1.807) is 12.1 Å². The average Bonchev–Trinajstić information content (AvgIpc) is 3.26. The number of aromatic amines is 1. The molecule has 2 heterocycles. The Kier molecular flexibility index (Phi) is 5.95. The molecule has 0 fully saturated rings. The quantitative estimate of drug-likeness (QED) is 0.289. The summed E-state index contributed by atoms with van der Waals surface area (Å²) in [5.41, 5.74) is 1.25. The highest BCUT2D eigenvalue weighted by Gasteiger charge is 2.21. The maximum atomic E-state index is 15.0. The van der Waals surface area contributed by atoms with Crippen molar-refractivity contribution in [1.29, 1.82) is 0 Å². The van der Waals surface area contributed by atoms with Gasteiger partial charge in [-0.25, -0.2) is 23.5 Å². The Morgan fingerprint density at radius 3 is 2.56 bits per heavy atom. The van der Waals surface area contributed by atoms with Gasteiger partial charge in [0.2, 0.25) is 0 Å². The third-order valence-corrected chi connectivity index (χ3v) is 6.09. The Bertz CT molecular complexity index is 1320. The molecular weight excluding hydrogens is 436 g/mol. The van der Waals surface area contributed by atoms with Crippen LogP contribution in [0.25, 0.3) is 11.2 Å². The van der Waals surface area contributed by atoms with Crippen molar-refractivity contribution in [2.75, 3.05) is 10.0 Å². The second-order valence-electron chi connectivity index (χ2n) is 7.39. The van der Waals surface area contributed by atoms with E-state index in [2.05, 4.69) is 25.0 Å². The lowest BCUT2D eigenvalue weighted by Gasteiger charge is -2.11. The lowest BCUT2D eigenvalue weighted by atomic mass is 10.0. The number of carbonyl (C=O) groups excluding carboxylic acids is 1. The maximum Gasteiger partial charge on any atom is 0.257 e. The van der Waals surface area contributed by atoms with Gasteiger partial charge in [0.25, 0.3) is 5.91 Å². The number of fused-ring (bicyclic) bond motifs is 1. The zero-order valence-corrected chi connectivity index (χ0v) is 18.1. The van der Waals surface area contributed by atoms with Crippen LogP contribution in [0.4, 0.5) is 20.2 Å². The molecule has 2 aromatic heterocycles. The van der Waals surface area contributed by atoms with Crippen molar-refractivity contribution in [2.45, 2.75) is 24.7 Å². The number of carbonyl (C=O) groups is 1. The summed E-state index contributed by atoms with van der Waals surface area (Å²) in [6, 6.07) is 10.7. The van der Waals surface area contributed by atoms with Crippen LogP contribution in [0.15, 0.2) is 59.9 Å². The van der Waals surface area contributed by atoms with Crippen LogP contribution in [0.3, 0.4) is 0 Å². The SMILES string of the molecule is CC(C)c1ccc([SH+](=O)Nc2ccc(F)c(NC(=O)c3cnc4nc[nH]c4c3)c2F)cc1. The number of anilines is 2. The number of aromatic nitrogens is 3. The second-order valence-corrected chi connectivity index (χ2v) is 8.72. The molecule has 7 nitrogen and oxygen atoms in total. The summed E-state index contributed by atoms with van der Waals surface area (Å²) in [4.78, 5) is 23.8. The number of hydrogen-bond acceptors (Lipinski definition) is 4. The number of halogens is 2. The average molecular weight is 456 g/mol. The number of rotatable bonds is 6. The molecule has 1 amide bonds. The van der Waals surface area contributed by atoms with Crippen LogP contribution < -0.4 is 10.0 Å². The van der Waals surface area contributed by atoms with Gasteiger partial charge in [-0.15, -0.1) is 0 Å². The second kappa shape index (κ2) is 8.83. The third-order valence-electron chi connectivity index (χ3n) is 4.88. The summed E-state index contributed by atoms with van der Waals surface area (Å²) in [7, 11) is -2.20. The maximum absolute atomic E-state index is 15.0. The Morgan fingerprint density at radius 1 is 1.09 bits per heavy atom. The molecule has 0 bridgehead atoms. The van der Waals surface area contributed by atoms with Crippen molar-refractivity contribution in [3.05, 3.63) is 77.8 Å². The van der Waals surface area contributed by atoms with Gasteiger partial charge < -0.3 is 10.3 Å². The molecule has 4 aromatic rings. The van der Waals surface area contributed by atoms with E-state index >= 15 is 0 Å². The van der Waals surface area contributed by atoms with Crippen molar-refractivity contribution >= 4 is 39.4 Å². The van der Waals surface area contributed by atoms with E-state index in [1.807, 2.05) is 26.0 Å². The monoisotopic (exact) mass is 456 g/mol. The summed E-state index contributed by atoms with van der Waals surface area (Å²) < 4.78 is 44.5. The number of imidazole rings is 1. The normalized spacial score (nSPS) is 12.2. The van der Waals surface area contributed by atoms with Crippen LogP contribution in [0.2, 0.25) is 0 Å². The molecule has 0 spiro atoms. The Labute approximate surface area is 184 Å². The molecule has 0 saturated heterocycles. The Balaban J connectivity index is 1.55. The number of amides is 1. The molecule has 1 unspecified atom stereocenters. The van der Waals surface area contributed by atoms with Crippen LogP contribution in [-0.2, 0) is 15.2 Å². The molecule has 164 valence electrons. The molecule has 3 N–H and O–H groups in total. The predicted molar refractivity (Wildman–Crippen MR) is 120 cm³/mol. The molecule has 0 aliphatic rings. The van der Waals surface area contributed by atoms with E-state index in [0.717, 1.165) is 17.7 Å². The first-order valence-electron chi connectivity index (χ1n) is 9.76. The van der Waals surface area contributed by atoms with Crippen molar-refractivity contribution in [2.24, 2.45) is 0 Å². The summed E-state index contributed by atoms with van der Waals surface area (Å²) in [6.07, 6.45) is 2.68. The Hall–Kier alpha value is -3.66. The first-order valence-corrected chi connectivity index (χ1v) is 11.0. The highest BCUT2D eigenvalue weighted by Crippen LogP contribution is 2.28. The number of nitrogens with one attached hydrogen (secondary N) is 3. The van der Waals surface area contributed by atoms with E-state index in [1.165, 1.54) is 18.6 Å². The van der Waals surface area contributed by atoms with Crippen molar-refractivity contribution in [3.8, 4) is 0 Å². The summed E-state index contributed by atoms with van der Waals surface area (Å²) in [6.45, 7) is 4.08. The number of pyridine rings is 1. The van der Waals surface area contributed by atoms with Gasteiger partial charge in [-0.05, 0) is 41.8 Å². The molecule has 0 aliphatic heterocycles. The van der Waals surface area contributed by atoms with Crippen molar-refractivity contribution in [1.82, 2.24) is 15.0 Å². The van der Waals surface area contributed by atoms with Crippen molar-refractivity contribution < 1.29 is 17.8 Å². The third kappa shape index (κ3) is 4.35. The fourth-order valence-corrected chi connectivity index (χ4v) is 4.00. The van der Waals surface area contributed by atoms with E-state index in [-0.39, 0.29) is 11.3 Å². The molecule has 0 radical (unpaired) electrons. The van der Waals surface area contributed by atoms with Crippen LogP contribution in [-0.4, -0.2) is 20.9 Å². The Morgan fingerprint density at radius 2 is 1.84 bits per heavy atom. The zero-order chi connectivity index (χ0) is 22.8. The first-order chi connectivity index (χ1) is 15.3. The first kappa shape index (κ1) is 21.6. The fourth-order valence-electron chi connectivity index (χ4n) is 3.06. The van der Waals surface area contributed by atoms with Gasteiger partial charge in [0.15, 0.2) is 27.3 Å². The molecule has 4 rings (SSSR count). The summed E-state index contributed by atoms with van der Waals surface area (Å²) in [5, 5.41) is 2.23. The number of thiol groups is 1. The molecule has 10 heteroatoms. The van der Waals surface area contributed by atoms with Gasteiger partial charge in [0, 0.05) is 6.20 Å². The fraction of sp³-hybridized carbons (Fsp3) is 0.136. The van der Waals surface area contributed by atoms with E-state index in [4.69, 9.17) is 0 Å². The minimum atomic E-state index is -2.20. The lowest BCUT2D eigenvalue weighted by molar-refractivity contribution is 0.102. The summed E-state index contributed by atoms with van der Waals surface area (Å²) in [5.74, 6) is -2.46. The highest BCUT2D eigenvalue weighted by atomic mass is 32.2. The van der Waals surface area contributed by atoms with Gasteiger partial charge >= 0.3 is 0 Å². The summed E-state index contributed by atoms with van der Waals surface area (Å²) >= 11 is 0. The van der Waals surface area contributed by atoms with Crippen LogP contribution in [0.1, 0.15) is 35.7 Å². The van der Waals surface area contributed by atoms with E-state index < -0.39 is 34.2 Å². The van der Waals surface area contributed by atoms with Gasteiger partial charge in [0.05, 0.1) is 17.4 Å². The molecule has 2 aromatic carbocycles.